The van der Waals surface area contributed by atoms with Crippen molar-refractivity contribution in [3.63, 3.8) is 0 Å². The second-order valence-electron chi connectivity index (χ2n) is 5.18. The van der Waals surface area contributed by atoms with E-state index >= 15 is 0 Å². The molecule has 3 aliphatic rings. The molecule has 0 radical (unpaired) electrons. The molecule has 21 heavy (non-hydrogen) atoms. The molecule has 3 heterocycles. The van der Waals surface area contributed by atoms with Crippen LogP contribution in [0.5, 0.6) is 0 Å². The third-order valence-electron chi connectivity index (χ3n) is 4.00. The molecular weight excluding hydrogens is 282 g/mol. The fourth-order valence-corrected chi connectivity index (χ4v) is 3.80. The van der Waals surface area contributed by atoms with Gasteiger partial charge in [0.25, 0.3) is 0 Å². The van der Waals surface area contributed by atoms with Crippen molar-refractivity contribution < 1.29 is 4.79 Å². The smallest absolute Gasteiger partial charge is 0.216 e. The molecule has 1 spiro atoms. The SMILES string of the molecule is CCC(=O)Sc1cnc2n1C1=CCC=CC13C=CC=CN23. The van der Waals surface area contributed by atoms with Crippen molar-refractivity contribution in [1.29, 1.82) is 0 Å². The summed E-state index contributed by atoms with van der Waals surface area (Å²) in [5.41, 5.74) is 0.894. The summed E-state index contributed by atoms with van der Waals surface area (Å²) >= 11 is 1.28. The van der Waals surface area contributed by atoms with Gasteiger partial charge in [-0.05, 0) is 30.3 Å². The van der Waals surface area contributed by atoms with Crippen molar-refractivity contribution in [1.82, 2.24) is 9.55 Å². The van der Waals surface area contributed by atoms with E-state index in [1.54, 1.807) is 6.20 Å². The summed E-state index contributed by atoms with van der Waals surface area (Å²) in [5.74, 6) is 0.875. The van der Waals surface area contributed by atoms with Gasteiger partial charge in [-0.2, -0.15) is 0 Å². The molecular formula is C16H15N3OS. The van der Waals surface area contributed by atoms with Gasteiger partial charge in [0.05, 0.1) is 11.9 Å². The van der Waals surface area contributed by atoms with Gasteiger partial charge in [0.2, 0.25) is 5.95 Å². The molecule has 2 aliphatic heterocycles. The van der Waals surface area contributed by atoms with Crippen LogP contribution in [0, 0.1) is 0 Å². The van der Waals surface area contributed by atoms with Crippen LogP contribution < -0.4 is 4.90 Å². The Hall–Kier alpha value is -2.01. The first-order valence-corrected chi connectivity index (χ1v) is 7.90. The normalized spacial score (nSPS) is 24.6. The standard InChI is InChI=1S/C16H15N3OS/c1-2-14(20)21-13-11-17-15-18-10-6-5-9-16(18)8-4-3-7-12(16)19(13)15/h4-11H,2-3H2,1H3. The zero-order chi connectivity index (χ0) is 14.4. The molecule has 106 valence electrons. The number of imidazole rings is 1. The van der Waals surface area contributed by atoms with Gasteiger partial charge in [-0.1, -0.05) is 31.2 Å². The van der Waals surface area contributed by atoms with E-state index in [4.69, 9.17) is 0 Å². The summed E-state index contributed by atoms with van der Waals surface area (Å²) in [7, 11) is 0. The van der Waals surface area contributed by atoms with E-state index in [9.17, 15) is 4.79 Å². The highest BCUT2D eigenvalue weighted by molar-refractivity contribution is 8.13. The second kappa shape index (κ2) is 4.49. The maximum atomic E-state index is 11.8. The number of hydrogen-bond donors (Lipinski definition) is 0. The number of carbonyl (C=O) groups excluding carboxylic acids is 1. The van der Waals surface area contributed by atoms with Gasteiger partial charge in [-0.25, -0.2) is 4.98 Å². The average Bonchev–Trinajstić information content (AvgIpc) is 3.03. The van der Waals surface area contributed by atoms with Crippen molar-refractivity contribution in [2.75, 3.05) is 4.90 Å². The van der Waals surface area contributed by atoms with E-state index in [0.29, 0.717) is 6.42 Å². The predicted octanol–water partition coefficient (Wildman–Crippen LogP) is 3.35. The van der Waals surface area contributed by atoms with E-state index in [1.165, 1.54) is 17.5 Å². The molecule has 1 aromatic rings. The Morgan fingerprint density at radius 1 is 1.43 bits per heavy atom. The molecule has 1 unspecified atom stereocenters. The first-order valence-electron chi connectivity index (χ1n) is 7.09. The molecule has 0 saturated carbocycles. The van der Waals surface area contributed by atoms with Gasteiger partial charge in [-0.15, -0.1) is 0 Å². The number of hydrogen-bond acceptors (Lipinski definition) is 4. The number of nitrogens with zero attached hydrogens (tertiary/aromatic N) is 3. The Balaban J connectivity index is 1.87. The maximum Gasteiger partial charge on any atom is 0.216 e. The highest BCUT2D eigenvalue weighted by Gasteiger charge is 2.47. The fourth-order valence-electron chi connectivity index (χ4n) is 3.05. The van der Waals surface area contributed by atoms with Crippen LogP contribution in [0.2, 0.25) is 0 Å². The predicted molar refractivity (Wildman–Crippen MR) is 84.9 cm³/mol. The molecule has 1 aromatic heterocycles. The number of allylic oxidation sites excluding steroid dienone is 4. The molecule has 1 atom stereocenters. The summed E-state index contributed by atoms with van der Waals surface area (Å²) in [4.78, 5) is 18.5. The van der Waals surface area contributed by atoms with Gasteiger partial charge in [0.15, 0.2) is 5.12 Å². The van der Waals surface area contributed by atoms with Crippen molar-refractivity contribution in [3.8, 4) is 0 Å². The van der Waals surface area contributed by atoms with Crippen LogP contribution in [-0.4, -0.2) is 20.2 Å². The summed E-state index contributed by atoms with van der Waals surface area (Å²) < 4.78 is 2.11. The molecule has 0 aromatic carbocycles. The highest BCUT2D eigenvalue weighted by Crippen LogP contribution is 2.48. The average molecular weight is 297 g/mol. The number of carbonyl (C=O) groups is 1. The minimum atomic E-state index is -0.277. The molecule has 0 saturated heterocycles. The number of fused-ring (bicyclic) bond motifs is 3. The van der Waals surface area contributed by atoms with Gasteiger partial charge in [-0.3, -0.25) is 14.3 Å². The lowest BCUT2D eigenvalue weighted by Crippen LogP contribution is -2.41. The third kappa shape index (κ3) is 1.64. The van der Waals surface area contributed by atoms with Crippen LogP contribution in [0.15, 0.2) is 53.9 Å². The molecule has 4 rings (SSSR count). The first kappa shape index (κ1) is 12.7. The Morgan fingerprint density at radius 2 is 2.33 bits per heavy atom. The Morgan fingerprint density at radius 3 is 3.19 bits per heavy atom. The van der Waals surface area contributed by atoms with Crippen molar-refractivity contribution in [3.05, 3.63) is 48.9 Å². The quantitative estimate of drug-likeness (QED) is 0.620. The number of anilines is 1. The van der Waals surface area contributed by atoms with Crippen LogP contribution in [0.1, 0.15) is 19.8 Å². The summed E-state index contributed by atoms with van der Waals surface area (Å²) in [6.07, 6.45) is 18.1. The van der Waals surface area contributed by atoms with Crippen LogP contribution in [0.4, 0.5) is 5.95 Å². The van der Waals surface area contributed by atoms with Crippen LogP contribution >= 0.6 is 11.8 Å². The van der Waals surface area contributed by atoms with Crippen molar-refractivity contribution >= 4 is 28.5 Å². The van der Waals surface area contributed by atoms with E-state index in [2.05, 4.69) is 44.8 Å². The Bertz CT molecular complexity index is 741. The summed E-state index contributed by atoms with van der Waals surface area (Å²) in [6, 6.07) is 0. The molecule has 0 bridgehead atoms. The van der Waals surface area contributed by atoms with Crippen LogP contribution in [0.3, 0.4) is 0 Å². The van der Waals surface area contributed by atoms with E-state index in [-0.39, 0.29) is 10.7 Å². The van der Waals surface area contributed by atoms with E-state index < -0.39 is 0 Å². The van der Waals surface area contributed by atoms with E-state index in [1.807, 2.05) is 19.2 Å². The number of aromatic nitrogens is 2. The lowest BCUT2D eigenvalue weighted by atomic mass is 9.88. The van der Waals surface area contributed by atoms with Crippen molar-refractivity contribution in [2.45, 2.75) is 30.3 Å². The van der Waals surface area contributed by atoms with Gasteiger partial charge >= 0.3 is 0 Å². The van der Waals surface area contributed by atoms with Crippen molar-refractivity contribution in [2.24, 2.45) is 0 Å². The largest absolute Gasteiger partial charge is 0.300 e. The van der Waals surface area contributed by atoms with Gasteiger partial charge in [0.1, 0.15) is 10.6 Å². The first-order chi connectivity index (χ1) is 10.3. The van der Waals surface area contributed by atoms with Gasteiger partial charge in [0, 0.05) is 12.6 Å². The molecule has 5 heteroatoms. The molecule has 1 aliphatic carbocycles. The fraction of sp³-hybridized carbons (Fsp3) is 0.250. The van der Waals surface area contributed by atoms with E-state index in [0.717, 1.165) is 17.4 Å². The zero-order valence-electron chi connectivity index (χ0n) is 11.7. The third-order valence-corrected chi connectivity index (χ3v) is 5.01. The zero-order valence-corrected chi connectivity index (χ0v) is 12.5. The number of rotatable bonds is 2. The topological polar surface area (TPSA) is 38.1 Å². The minimum Gasteiger partial charge on any atom is -0.300 e. The lowest BCUT2D eigenvalue weighted by molar-refractivity contribution is -0.110. The minimum absolute atomic E-state index is 0.162. The van der Waals surface area contributed by atoms with Crippen LogP contribution in [-0.2, 0) is 4.79 Å². The molecule has 4 nitrogen and oxygen atoms in total. The maximum absolute atomic E-state index is 11.8. The molecule has 0 N–H and O–H groups in total. The Labute approximate surface area is 127 Å². The molecule has 0 fully saturated rings. The Kier molecular flexibility index (Phi) is 2.72. The van der Waals surface area contributed by atoms with Gasteiger partial charge < -0.3 is 0 Å². The second-order valence-corrected chi connectivity index (χ2v) is 6.26. The van der Waals surface area contributed by atoms with Crippen LogP contribution in [0.25, 0.3) is 5.70 Å². The lowest BCUT2D eigenvalue weighted by Gasteiger charge is -2.35. The summed E-state index contributed by atoms with van der Waals surface area (Å²) in [5, 5.41) is 1.06. The molecule has 0 amide bonds. The highest BCUT2D eigenvalue weighted by atomic mass is 32.2. The summed E-state index contributed by atoms with van der Waals surface area (Å²) in [6.45, 7) is 1.88. The number of thioether (sulfide) groups is 1. The monoisotopic (exact) mass is 297 g/mol.